The van der Waals surface area contributed by atoms with E-state index in [0.717, 1.165) is 24.3 Å². The first kappa shape index (κ1) is 15.5. The van der Waals surface area contributed by atoms with Gasteiger partial charge in [-0.1, -0.05) is 68.5 Å². The molecule has 0 aromatic rings. The first-order valence-corrected chi connectivity index (χ1v) is 7.70. The summed E-state index contributed by atoms with van der Waals surface area (Å²) in [5.41, 5.74) is 4.63. The van der Waals surface area contributed by atoms with Gasteiger partial charge in [0.15, 0.2) is 0 Å². The van der Waals surface area contributed by atoms with Crippen molar-refractivity contribution >= 4 is 5.71 Å². The van der Waals surface area contributed by atoms with Crippen LogP contribution in [-0.2, 0) is 0 Å². The molecule has 1 nitrogen and oxygen atoms in total. The molecule has 0 aromatic carbocycles. The maximum Gasteiger partial charge on any atom is 0.0662 e. The highest BCUT2D eigenvalue weighted by molar-refractivity contribution is 6.01. The molecule has 1 heteroatoms. The number of aliphatic imine (C=N–C) groups is 1. The van der Waals surface area contributed by atoms with Crippen molar-refractivity contribution in [1.29, 1.82) is 0 Å². The SMILES string of the molecule is C/C=C(\N=C(/C)C1=CCCC=C1)C1=CC=CC(C)(C)C=C1. The van der Waals surface area contributed by atoms with E-state index in [1.807, 2.05) is 6.92 Å². The molecule has 2 rings (SSSR count). The third kappa shape index (κ3) is 4.29. The van der Waals surface area contributed by atoms with Crippen molar-refractivity contribution in [1.82, 2.24) is 0 Å². The Morgan fingerprint density at radius 1 is 1.14 bits per heavy atom. The second-order valence-corrected chi connectivity index (χ2v) is 6.15. The van der Waals surface area contributed by atoms with Gasteiger partial charge in [-0.05, 0) is 37.8 Å². The molecule has 21 heavy (non-hydrogen) atoms. The molecule has 0 spiro atoms. The number of hydrogen-bond acceptors (Lipinski definition) is 1. The summed E-state index contributed by atoms with van der Waals surface area (Å²) in [6.45, 7) is 8.55. The van der Waals surface area contributed by atoms with Crippen LogP contribution >= 0.6 is 0 Å². The molecule has 110 valence electrons. The van der Waals surface area contributed by atoms with Gasteiger partial charge in [-0.3, -0.25) is 4.99 Å². The smallest absolute Gasteiger partial charge is 0.0662 e. The molecular weight excluding hydrogens is 254 g/mol. The molecule has 0 bridgehead atoms. The Morgan fingerprint density at radius 3 is 2.62 bits per heavy atom. The van der Waals surface area contributed by atoms with Gasteiger partial charge < -0.3 is 0 Å². The maximum atomic E-state index is 4.84. The third-order valence-corrected chi connectivity index (χ3v) is 3.76. The Bertz CT molecular complexity index is 602. The predicted octanol–water partition coefficient (Wildman–Crippen LogP) is 5.71. The number of rotatable bonds is 3. The summed E-state index contributed by atoms with van der Waals surface area (Å²) in [5, 5.41) is 0. The van der Waals surface area contributed by atoms with Gasteiger partial charge in [0.05, 0.1) is 5.70 Å². The summed E-state index contributed by atoms with van der Waals surface area (Å²) in [4.78, 5) is 4.84. The van der Waals surface area contributed by atoms with E-state index >= 15 is 0 Å². The van der Waals surface area contributed by atoms with Gasteiger partial charge in [-0.25, -0.2) is 0 Å². The standard InChI is InChI=1S/C20H25N/c1-5-19(18-12-9-14-20(3,4)15-13-18)21-16(2)17-10-7-6-8-11-17/h5,7,9-15H,6,8H2,1-4H3/b19-5-,21-16+. The third-order valence-electron chi connectivity index (χ3n) is 3.76. The molecule has 0 atom stereocenters. The Kier molecular flexibility index (Phi) is 4.95. The van der Waals surface area contributed by atoms with Gasteiger partial charge in [0.2, 0.25) is 0 Å². The molecule has 0 aromatic heterocycles. The second-order valence-electron chi connectivity index (χ2n) is 6.15. The molecule has 0 N–H and O–H groups in total. The van der Waals surface area contributed by atoms with Gasteiger partial charge in [0.25, 0.3) is 0 Å². The zero-order valence-electron chi connectivity index (χ0n) is 13.6. The Labute approximate surface area is 128 Å². The van der Waals surface area contributed by atoms with Crippen molar-refractivity contribution in [3.63, 3.8) is 0 Å². The quantitative estimate of drug-likeness (QED) is 0.587. The van der Waals surface area contributed by atoms with Crippen LogP contribution in [0.15, 0.2) is 76.5 Å². The largest absolute Gasteiger partial charge is 0.253 e. The summed E-state index contributed by atoms with van der Waals surface area (Å²) in [6.07, 6.45) is 21.9. The Morgan fingerprint density at radius 2 is 1.95 bits per heavy atom. The van der Waals surface area contributed by atoms with Gasteiger partial charge in [-0.2, -0.15) is 0 Å². The summed E-state index contributed by atoms with van der Waals surface area (Å²) < 4.78 is 0. The topological polar surface area (TPSA) is 12.4 Å². The highest BCUT2D eigenvalue weighted by Crippen LogP contribution is 2.26. The lowest BCUT2D eigenvalue weighted by atomic mass is 9.93. The van der Waals surface area contributed by atoms with Crippen LogP contribution in [0.1, 0.15) is 40.5 Å². The summed E-state index contributed by atoms with van der Waals surface area (Å²) in [6, 6.07) is 0. The minimum Gasteiger partial charge on any atom is -0.253 e. The minimum absolute atomic E-state index is 0.102. The van der Waals surface area contributed by atoms with Gasteiger partial charge in [0, 0.05) is 11.1 Å². The molecule has 0 fully saturated rings. The average molecular weight is 279 g/mol. The first-order chi connectivity index (χ1) is 10.0. The van der Waals surface area contributed by atoms with E-state index in [0.29, 0.717) is 0 Å². The number of allylic oxidation sites excluding steroid dienone is 10. The average Bonchev–Trinajstić information content (AvgIpc) is 2.66. The van der Waals surface area contributed by atoms with Crippen LogP contribution in [0.5, 0.6) is 0 Å². The maximum absolute atomic E-state index is 4.84. The van der Waals surface area contributed by atoms with E-state index in [2.05, 4.69) is 75.5 Å². The van der Waals surface area contributed by atoms with Crippen LogP contribution in [0.2, 0.25) is 0 Å². The zero-order chi connectivity index (χ0) is 15.3. The molecule has 0 radical (unpaired) electrons. The van der Waals surface area contributed by atoms with Gasteiger partial charge in [-0.15, -0.1) is 0 Å². The normalized spacial score (nSPS) is 21.9. The van der Waals surface area contributed by atoms with Crippen LogP contribution in [0.4, 0.5) is 0 Å². The highest BCUT2D eigenvalue weighted by Gasteiger charge is 2.12. The molecule has 0 unspecified atom stereocenters. The molecular formula is C20H25N. The number of hydrogen-bond donors (Lipinski definition) is 0. The van der Waals surface area contributed by atoms with Crippen molar-refractivity contribution in [2.75, 3.05) is 0 Å². The molecule has 0 amide bonds. The van der Waals surface area contributed by atoms with Crippen LogP contribution in [0, 0.1) is 5.41 Å². The monoisotopic (exact) mass is 279 g/mol. The van der Waals surface area contributed by atoms with Gasteiger partial charge in [0.1, 0.15) is 0 Å². The lowest BCUT2D eigenvalue weighted by molar-refractivity contribution is 0.627. The lowest BCUT2D eigenvalue weighted by Gasteiger charge is -2.12. The number of nitrogens with zero attached hydrogens (tertiary/aromatic N) is 1. The van der Waals surface area contributed by atoms with E-state index in [-0.39, 0.29) is 5.41 Å². The van der Waals surface area contributed by atoms with Gasteiger partial charge >= 0.3 is 0 Å². The lowest BCUT2D eigenvalue weighted by Crippen LogP contribution is -2.01. The molecule has 2 aliphatic rings. The summed E-state index contributed by atoms with van der Waals surface area (Å²) in [5.74, 6) is 0. The fourth-order valence-electron chi connectivity index (χ4n) is 2.41. The first-order valence-electron chi connectivity index (χ1n) is 7.70. The summed E-state index contributed by atoms with van der Waals surface area (Å²) in [7, 11) is 0. The summed E-state index contributed by atoms with van der Waals surface area (Å²) >= 11 is 0. The van der Waals surface area contributed by atoms with E-state index in [4.69, 9.17) is 4.99 Å². The van der Waals surface area contributed by atoms with Crippen molar-refractivity contribution in [3.8, 4) is 0 Å². The molecule has 2 aliphatic carbocycles. The van der Waals surface area contributed by atoms with E-state index in [9.17, 15) is 0 Å². The van der Waals surface area contributed by atoms with Crippen molar-refractivity contribution in [2.45, 2.75) is 40.5 Å². The zero-order valence-corrected chi connectivity index (χ0v) is 13.6. The fraction of sp³-hybridized carbons (Fsp3) is 0.350. The second kappa shape index (κ2) is 6.71. The molecule has 0 saturated heterocycles. The fourth-order valence-corrected chi connectivity index (χ4v) is 2.41. The predicted molar refractivity (Wildman–Crippen MR) is 93.5 cm³/mol. The molecule has 0 aliphatic heterocycles. The Balaban J connectivity index is 2.25. The van der Waals surface area contributed by atoms with Crippen LogP contribution in [-0.4, -0.2) is 5.71 Å². The van der Waals surface area contributed by atoms with Crippen molar-refractivity contribution in [2.24, 2.45) is 10.4 Å². The van der Waals surface area contributed by atoms with E-state index in [1.54, 1.807) is 0 Å². The minimum atomic E-state index is 0.102. The molecule has 0 heterocycles. The molecule has 0 saturated carbocycles. The Hall–Kier alpha value is -1.89. The van der Waals surface area contributed by atoms with E-state index < -0.39 is 0 Å². The van der Waals surface area contributed by atoms with Crippen LogP contribution < -0.4 is 0 Å². The van der Waals surface area contributed by atoms with Crippen LogP contribution in [0.3, 0.4) is 0 Å². The van der Waals surface area contributed by atoms with Crippen molar-refractivity contribution in [3.05, 3.63) is 71.5 Å². The van der Waals surface area contributed by atoms with E-state index in [1.165, 1.54) is 11.1 Å². The van der Waals surface area contributed by atoms with Crippen molar-refractivity contribution < 1.29 is 0 Å². The highest BCUT2D eigenvalue weighted by atomic mass is 14.8. The van der Waals surface area contributed by atoms with Crippen LogP contribution in [0.25, 0.3) is 0 Å².